The summed E-state index contributed by atoms with van der Waals surface area (Å²) in [5, 5.41) is 0. The van der Waals surface area contributed by atoms with E-state index < -0.39 is 13.8 Å². The van der Waals surface area contributed by atoms with E-state index in [9.17, 15) is 14.3 Å². The van der Waals surface area contributed by atoms with Crippen molar-refractivity contribution in [3.8, 4) is 0 Å². The molecular weight excluding hydrogens is 325 g/mol. The summed E-state index contributed by atoms with van der Waals surface area (Å²) in [4.78, 5) is 22.9. The number of rotatable bonds is 12. The molecule has 0 N–H and O–H groups in total. The highest BCUT2D eigenvalue weighted by molar-refractivity contribution is 7.45. The van der Waals surface area contributed by atoms with E-state index in [1.54, 1.807) is 13.8 Å². The molecule has 0 heterocycles. The Hall–Kier alpha value is -0.760. The first-order valence-corrected chi connectivity index (χ1v) is 8.73. The fraction of sp³-hybridized carbons (Fsp3) is 0.786. The molecule has 2 atom stereocenters. The molecule has 0 saturated carbocycles. The van der Waals surface area contributed by atoms with Gasteiger partial charge in [0.15, 0.2) is 0 Å². The van der Waals surface area contributed by atoms with Crippen LogP contribution in [0.2, 0.25) is 0 Å². The molecule has 0 rings (SSSR count). The Morgan fingerprint density at radius 1 is 1.26 bits per heavy atom. The molecule has 0 fully saturated rings. The van der Waals surface area contributed by atoms with Crippen molar-refractivity contribution in [3.63, 3.8) is 0 Å². The van der Waals surface area contributed by atoms with Gasteiger partial charge < -0.3 is 27.9 Å². The van der Waals surface area contributed by atoms with Crippen molar-refractivity contribution in [2.75, 3.05) is 54.1 Å². The minimum Gasteiger partial charge on any atom is -0.756 e. The Bertz CT molecular complexity index is 439. The monoisotopic (exact) mass is 353 g/mol. The maximum atomic E-state index is 11.5. The summed E-state index contributed by atoms with van der Waals surface area (Å²) in [6, 6.07) is 0. The summed E-state index contributed by atoms with van der Waals surface area (Å²) in [7, 11) is 0.901. The Morgan fingerprint density at radius 3 is 2.35 bits per heavy atom. The van der Waals surface area contributed by atoms with Gasteiger partial charge in [0, 0.05) is 12.7 Å². The third-order valence-electron chi connectivity index (χ3n) is 2.89. The van der Waals surface area contributed by atoms with E-state index in [0.717, 1.165) is 0 Å². The van der Waals surface area contributed by atoms with Crippen LogP contribution in [0.25, 0.3) is 0 Å². The summed E-state index contributed by atoms with van der Waals surface area (Å²) in [6.07, 6.45) is -0.328. The molecule has 0 aromatic heterocycles. The van der Waals surface area contributed by atoms with Gasteiger partial charge in [0.05, 0.1) is 27.3 Å². The van der Waals surface area contributed by atoms with Gasteiger partial charge in [-0.25, -0.2) is 4.79 Å². The van der Waals surface area contributed by atoms with Crippen molar-refractivity contribution in [1.29, 1.82) is 0 Å². The molecule has 23 heavy (non-hydrogen) atoms. The molecule has 0 aromatic rings. The Balaban J connectivity index is 4.19. The molecule has 9 heteroatoms. The lowest BCUT2D eigenvalue weighted by Gasteiger charge is -2.33. The number of esters is 1. The maximum Gasteiger partial charge on any atom is 0.333 e. The van der Waals surface area contributed by atoms with E-state index in [-0.39, 0.29) is 25.9 Å². The van der Waals surface area contributed by atoms with Crippen LogP contribution in [0.15, 0.2) is 12.2 Å². The SMILES string of the molecule is C=C(C)C(=O)OC(C)C[N+](C)(C)CCOP(=O)([O-])OCCOC. The van der Waals surface area contributed by atoms with Gasteiger partial charge in [-0.2, -0.15) is 0 Å². The fourth-order valence-corrected chi connectivity index (χ4v) is 2.46. The van der Waals surface area contributed by atoms with Crippen molar-refractivity contribution in [2.45, 2.75) is 20.0 Å². The third-order valence-corrected chi connectivity index (χ3v) is 3.89. The zero-order chi connectivity index (χ0) is 18.1. The molecular formula is C14H28NO7P. The van der Waals surface area contributed by atoms with Crippen LogP contribution in [-0.4, -0.2) is 70.7 Å². The smallest absolute Gasteiger partial charge is 0.333 e. The van der Waals surface area contributed by atoms with E-state index in [4.69, 9.17) is 14.0 Å². The van der Waals surface area contributed by atoms with Gasteiger partial charge in [0.25, 0.3) is 7.82 Å². The number of carbonyl (C=O) groups is 1. The standard InChI is InChI=1S/C14H28NO7P/c1-12(2)14(16)22-13(3)11-15(4,5)7-8-20-23(17,18)21-10-9-19-6/h13H,1,7-11H2,2-6H3. The van der Waals surface area contributed by atoms with Gasteiger partial charge in [0.1, 0.15) is 25.8 Å². The molecule has 0 amide bonds. The van der Waals surface area contributed by atoms with Crippen LogP contribution in [0.3, 0.4) is 0 Å². The summed E-state index contributed by atoms with van der Waals surface area (Å²) < 4.78 is 31.2. The zero-order valence-electron chi connectivity index (χ0n) is 14.6. The third kappa shape index (κ3) is 11.4. The van der Waals surface area contributed by atoms with Crippen LogP contribution in [0.4, 0.5) is 0 Å². The van der Waals surface area contributed by atoms with E-state index in [1.165, 1.54) is 7.11 Å². The first kappa shape index (κ1) is 22.2. The largest absolute Gasteiger partial charge is 0.756 e. The lowest BCUT2D eigenvalue weighted by atomic mass is 10.3. The van der Waals surface area contributed by atoms with Gasteiger partial charge in [0.2, 0.25) is 0 Å². The van der Waals surface area contributed by atoms with E-state index in [2.05, 4.69) is 11.1 Å². The average Bonchev–Trinajstić information content (AvgIpc) is 2.36. The average molecular weight is 353 g/mol. The highest BCUT2D eigenvalue weighted by atomic mass is 31.2. The highest BCUT2D eigenvalue weighted by Gasteiger charge is 2.23. The van der Waals surface area contributed by atoms with Crippen molar-refractivity contribution in [2.24, 2.45) is 0 Å². The van der Waals surface area contributed by atoms with Crippen LogP contribution in [0, 0.1) is 0 Å². The number of nitrogens with zero attached hydrogens (tertiary/aromatic N) is 1. The fourth-order valence-electron chi connectivity index (χ4n) is 1.78. The number of quaternary nitrogens is 1. The summed E-state index contributed by atoms with van der Waals surface area (Å²) in [5.74, 6) is -0.440. The molecule has 0 saturated heterocycles. The predicted octanol–water partition coefficient (Wildman–Crippen LogP) is 0.719. The molecule has 0 aliphatic rings. The molecule has 0 aliphatic carbocycles. The van der Waals surface area contributed by atoms with Crippen LogP contribution in [0.1, 0.15) is 13.8 Å². The van der Waals surface area contributed by atoms with Crippen LogP contribution >= 0.6 is 7.82 Å². The Morgan fingerprint density at radius 2 is 1.83 bits per heavy atom. The van der Waals surface area contributed by atoms with Crippen molar-refractivity contribution < 1.29 is 37.3 Å². The Labute approximate surface area is 138 Å². The van der Waals surface area contributed by atoms with Crippen LogP contribution < -0.4 is 4.89 Å². The second kappa shape index (κ2) is 10.2. The molecule has 0 radical (unpaired) electrons. The number of likely N-dealkylation sites (N-methyl/N-ethyl adjacent to an activating group) is 1. The summed E-state index contributed by atoms with van der Waals surface area (Å²) in [5.41, 5.74) is 0.339. The second-order valence-corrected chi connectivity index (χ2v) is 7.36. The molecule has 0 bridgehead atoms. The number of carbonyl (C=O) groups excluding carboxylic acids is 1. The summed E-state index contributed by atoms with van der Waals surface area (Å²) in [6.45, 7) is 7.86. The Kier molecular flexibility index (Phi) is 9.84. The first-order chi connectivity index (χ1) is 10.5. The van der Waals surface area contributed by atoms with Crippen molar-refractivity contribution in [3.05, 3.63) is 12.2 Å². The maximum absolute atomic E-state index is 11.5. The van der Waals surface area contributed by atoms with Gasteiger partial charge in [-0.1, -0.05) is 6.58 Å². The number of methoxy groups -OCH3 is 1. The number of hydrogen-bond acceptors (Lipinski definition) is 7. The van der Waals surface area contributed by atoms with E-state index in [0.29, 0.717) is 23.1 Å². The number of phosphoric acid groups is 1. The van der Waals surface area contributed by atoms with Crippen molar-refractivity contribution in [1.82, 2.24) is 0 Å². The molecule has 0 aliphatic heterocycles. The van der Waals surface area contributed by atoms with Crippen LogP contribution in [-0.2, 0) is 27.9 Å². The lowest BCUT2D eigenvalue weighted by Crippen LogP contribution is -2.47. The normalized spacial score (nSPS) is 15.7. The zero-order valence-corrected chi connectivity index (χ0v) is 15.5. The van der Waals surface area contributed by atoms with Crippen molar-refractivity contribution >= 4 is 13.8 Å². The molecule has 0 aromatic carbocycles. The quantitative estimate of drug-likeness (QED) is 0.168. The molecule has 0 spiro atoms. The minimum atomic E-state index is -4.32. The first-order valence-electron chi connectivity index (χ1n) is 7.26. The topological polar surface area (TPSA) is 94.1 Å². The molecule has 8 nitrogen and oxygen atoms in total. The van der Waals surface area contributed by atoms with Crippen LogP contribution in [0.5, 0.6) is 0 Å². The number of phosphoric ester groups is 1. The minimum absolute atomic E-state index is 0.0259. The van der Waals surface area contributed by atoms with Gasteiger partial charge in [-0.05, 0) is 13.8 Å². The van der Waals surface area contributed by atoms with E-state index >= 15 is 0 Å². The highest BCUT2D eigenvalue weighted by Crippen LogP contribution is 2.37. The number of hydrogen-bond donors (Lipinski definition) is 0. The van der Waals surface area contributed by atoms with E-state index in [1.807, 2.05) is 14.1 Å². The molecule has 136 valence electrons. The van der Waals surface area contributed by atoms with Gasteiger partial charge in [-0.3, -0.25) is 4.57 Å². The summed E-state index contributed by atoms with van der Waals surface area (Å²) >= 11 is 0. The van der Waals surface area contributed by atoms with Gasteiger partial charge >= 0.3 is 5.97 Å². The number of ether oxygens (including phenoxy) is 2. The lowest BCUT2D eigenvalue weighted by molar-refractivity contribution is -0.893. The van der Waals surface area contributed by atoms with Gasteiger partial charge in [-0.15, -0.1) is 0 Å². The predicted molar refractivity (Wildman–Crippen MR) is 83.6 cm³/mol. The second-order valence-electron chi connectivity index (χ2n) is 5.94. The molecule has 2 unspecified atom stereocenters.